The van der Waals surface area contributed by atoms with Crippen LogP contribution in [0.5, 0.6) is 5.75 Å². The highest BCUT2D eigenvalue weighted by Gasteiger charge is 2.39. The van der Waals surface area contributed by atoms with E-state index in [4.69, 9.17) is 8.85 Å². The van der Waals surface area contributed by atoms with Crippen LogP contribution in [0.3, 0.4) is 0 Å². The summed E-state index contributed by atoms with van der Waals surface area (Å²) < 4.78 is 13.9. The van der Waals surface area contributed by atoms with E-state index in [-0.39, 0.29) is 0 Å². The third-order valence-corrected chi connectivity index (χ3v) is 25.4. The predicted molar refractivity (Wildman–Crippen MR) is 419 cm³/mol. The quantitative estimate of drug-likeness (QED) is 0.101. The summed E-state index contributed by atoms with van der Waals surface area (Å²) >= 11 is 1.87. The van der Waals surface area contributed by atoms with Crippen LogP contribution in [0.1, 0.15) is 332 Å². The van der Waals surface area contributed by atoms with Crippen LogP contribution in [-0.2, 0) is 23.1 Å². The highest BCUT2D eigenvalue weighted by Crippen LogP contribution is 2.43. The van der Waals surface area contributed by atoms with Crippen molar-refractivity contribution in [3.63, 3.8) is 0 Å². The van der Waals surface area contributed by atoms with Crippen LogP contribution in [0.25, 0.3) is 10.1 Å². The van der Waals surface area contributed by atoms with E-state index in [1.165, 1.54) is 111 Å². The molecule has 0 radical (unpaired) electrons. The number of rotatable bonds is 14. The molecule has 0 spiro atoms. The average Bonchev–Trinajstić information content (AvgIpc) is 1.66. The maximum atomic E-state index is 6.32. The SMILES string of the molecule is CC(C)c1ccc(C(C)C)c(C[SiH](C)C)c1.CC(C)c1ccc(C(C)C)c2c1CO[Si]2(C)C.CC(C)c1ccc(C(C)C)c2c1C[Si](C)(C)O2.CC(C)c1ccc(C(C)C)c2sccc12.Cc1cc(C(C)C)ccc1C(C)C.Cc1cc(C(C)C)ccc1C(C)C. The molecule has 6 aromatic carbocycles. The molecule has 3 heterocycles. The first-order chi connectivity index (χ1) is 42.2. The Morgan fingerprint density at radius 3 is 1.16 bits per heavy atom. The highest BCUT2D eigenvalue weighted by molar-refractivity contribution is 7.17. The first kappa shape index (κ1) is 79.1. The Morgan fingerprint density at radius 2 is 0.758 bits per heavy atom. The van der Waals surface area contributed by atoms with Crippen molar-refractivity contribution in [2.75, 3.05) is 0 Å². The number of aryl methyl sites for hydroxylation is 2. The fourth-order valence-corrected chi connectivity index (χ4v) is 20.3. The molecule has 91 heavy (non-hydrogen) atoms. The van der Waals surface area contributed by atoms with E-state index < -0.39 is 25.4 Å². The molecule has 0 atom stereocenters. The Labute approximate surface area is 568 Å². The lowest BCUT2D eigenvalue weighted by atomic mass is 9.91. The van der Waals surface area contributed by atoms with E-state index in [1.807, 2.05) is 11.3 Å². The van der Waals surface area contributed by atoms with E-state index in [2.05, 4.69) is 322 Å². The second kappa shape index (κ2) is 34.9. The molecule has 0 N–H and O–H groups in total. The van der Waals surface area contributed by atoms with Gasteiger partial charge in [0.2, 0.25) is 16.6 Å². The lowest BCUT2D eigenvalue weighted by molar-refractivity contribution is 0.318. The topological polar surface area (TPSA) is 18.5 Å². The minimum Gasteiger partial charge on any atom is -0.543 e. The molecule has 9 rings (SSSR count). The molecular weight excluding hydrogens is 1170 g/mol. The number of benzene rings is 6. The maximum Gasteiger partial charge on any atom is 0.249 e. The molecule has 502 valence electrons. The van der Waals surface area contributed by atoms with Crippen LogP contribution in [0.15, 0.2) is 102 Å². The minimum atomic E-state index is -1.65. The zero-order chi connectivity index (χ0) is 68.9. The zero-order valence-electron chi connectivity index (χ0n) is 64.2. The van der Waals surface area contributed by atoms with Crippen LogP contribution >= 0.6 is 11.3 Å². The first-order valence-corrected chi connectivity index (χ1v) is 45.7. The molecule has 0 bridgehead atoms. The van der Waals surface area contributed by atoms with Crippen LogP contribution in [-0.4, -0.2) is 25.4 Å². The molecule has 2 nitrogen and oxygen atoms in total. The van der Waals surface area contributed by atoms with Gasteiger partial charge in [-0.25, -0.2) is 0 Å². The Kier molecular flexibility index (Phi) is 30.4. The van der Waals surface area contributed by atoms with Gasteiger partial charge in [-0.3, -0.25) is 0 Å². The van der Waals surface area contributed by atoms with E-state index >= 15 is 0 Å². The molecule has 0 unspecified atom stereocenters. The summed E-state index contributed by atoms with van der Waals surface area (Å²) in [6.45, 7) is 73.8. The Balaban J connectivity index is 0.000000234. The van der Waals surface area contributed by atoms with Crippen molar-refractivity contribution in [1.29, 1.82) is 0 Å². The van der Waals surface area contributed by atoms with Crippen LogP contribution in [0.4, 0.5) is 0 Å². The van der Waals surface area contributed by atoms with E-state index in [0.29, 0.717) is 71.0 Å². The standard InChI is InChI=1S/2C15H24OSi.C15H26Si.C14H18S.2C13H20/c1-10(2)12-7-8-13(11(3)4)15-14(12)9-17(5,6)16-15;1-10(2)12-7-8-13(11(3)4)15-14(12)9-16-17(15,5)6;1-11(2)13-7-8-15(12(3)4)14(9-13)10-16(5)6;1-9(2)11-5-6-12(10(3)4)14-13(11)7-8-15-14;2*1-9(2)12-6-7-13(10(3)4)11(5)8-12/h2*7-8,10-11H,9H2,1-6H3;7-9,11-12,16H,10H2,1-6H3;5-10H,1-4H3;2*6-10H,1-5H3. The van der Waals surface area contributed by atoms with Gasteiger partial charge in [0.05, 0.1) is 6.61 Å². The molecule has 1 aromatic heterocycles. The van der Waals surface area contributed by atoms with E-state index in [1.54, 1.807) is 16.3 Å². The molecule has 6 heteroatoms. The highest BCUT2D eigenvalue weighted by atomic mass is 32.1. The average molecular weight is 1300 g/mol. The summed E-state index contributed by atoms with van der Waals surface area (Å²) in [6, 6.07) is 39.4. The zero-order valence-corrected chi connectivity index (χ0v) is 68.1. The van der Waals surface area contributed by atoms with Gasteiger partial charge < -0.3 is 8.85 Å². The smallest absolute Gasteiger partial charge is 0.249 e. The molecule has 7 aromatic rings. The molecule has 0 aliphatic carbocycles. The summed E-state index contributed by atoms with van der Waals surface area (Å²) in [5.74, 6) is 8.65. The Hall–Kier alpha value is -4.31. The van der Waals surface area contributed by atoms with Crippen molar-refractivity contribution in [2.45, 2.75) is 309 Å². The van der Waals surface area contributed by atoms with Gasteiger partial charge in [0.1, 0.15) is 5.75 Å². The second-order valence-electron chi connectivity index (χ2n) is 32.0. The van der Waals surface area contributed by atoms with Gasteiger partial charge >= 0.3 is 0 Å². The van der Waals surface area contributed by atoms with E-state index in [0.717, 1.165) is 6.61 Å². The maximum absolute atomic E-state index is 6.32. The lowest BCUT2D eigenvalue weighted by Crippen LogP contribution is -2.42. The van der Waals surface area contributed by atoms with Crippen molar-refractivity contribution in [3.05, 3.63) is 197 Å². The fraction of sp³-hybridized carbons (Fsp3) is 0.553. The number of hydrogen-bond acceptors (Lipinski definition) is 3. The Morgan fingerprint density at radius 1 is 0.396 bits per heavy atom. The summed E-state index contributed by atoms with van der Waals surface area (Å²) in [5.41, 5.74) is 25.2. The Bertz CT molecular complexity index is 3250. The molecule has 2 aliphatic rings. The number of hydrogen-bond donors (Lipinski definition) is 0. The third kappa shape index (κ3) is 21.9. The summed E-state index contributed by atoms with van der Waals surface area (Å²) in [4.78, 5) is 0. The van der Waals surface area contributed by atoms with Crippen molar-refractivity contribution >= 4 is 52.0 Å². The molecule has 2 aliphatic heterocycles. The molecule has 0 fully saturated rings. The van der Waals surface area contributed by atoms with Crippen LogP contribution < -0.4 is 9.61 Å². The first-order valence-electron chi connectivity index (χ1n) is 35.7. The summed E-state index contributed by atoms with van der Waals surface area (Å²) in [5, 5.41) is 5.25. The van der Waals surface area contributed by atoms with Crippen LogP contribution in [0, 0.1) is 13.8 Å². The van der Waals surface area contributed by atoms with Gasteiger partial charge in [0, 0.05) is 19.5 Å². The number of thiophene rings is 1. The van der Waals surface area contributed by atoms with Crippen molar-refractivity contribution in [3.8, 4) is 5.75 Å². The largest absolute Gasteiger partial charge is 0.543 e. The fourth-order valence-electron chi connectivity index (χ4n) is 13.2. The van der Waals surface area contributed by atoms with Gasteiger partial charge in [-0.05, 0) is 234 Å². The van der Waals surface area contributed by atoms with Crippen molar-refractivity contribution < 1.29 is 8.85 Å². The van der Waals surface area contributed by atoms with Crippen molar-refractivity contribution in [2.24, 2.45) is 0 Å². The minimum absolute atomic E-state index is 0.518. The predicted octanol–water partition coefficient (Wildman–Crippen LogP) is 26.6. The summed E-state index contributed by atoms with van der Waals surface area (Å²) in [6.07, 6.45) is 0. The summed E-state index contributed by atoms with van der Waals surface area (Å²) in [7, 11) is -3.66. The molecular formula is C85H132O2SSi3. The third-order valence-electron chi connectivity index (χ3n) is 18.5. The van der Waals surface area contributed by atoms with Gasteiger partial charge in [-0.1, -0.05) is 270 Å². The molecule has 0 saturated heterocycles. The number of fused-ring (bicyclic) bond motifs is 3. The van der Waals surface area contributed by atoms with Crippen molar-refractivity contribution in [1.82, 2.24) is 0 Å². The lowest BCUT2D eigenvalue weighted by Gasteiger charge is -2.22. The second-order valence-corrected chi connectivity index (χ2v) is 44.0. The van der Waals surface area contributed by atoms with Crippen LogP contribution in [0.2, 0.25) is 39.3 Å². The molecule has 0 saturated carbocycles. The van der Waals surface area contributed by atoms with Gasteiger partial charge in [0.15, 0.2) is 0 Å². The van der Waals surface area contributed by atoms with Gasteiger partial charge in [-0.2, -0.15) is 0 Å². The molecule has 0 amide bonds. The van der Waals surface area contributed by atoms with Gasteiger partial charge in [-0.15, -0.1) is 11.3 Å². The monoisotopic (exact) mass is 1300 g/mol. The van der Waals surface area contributed by atoms with Gasteiger partial charge in [0.25, 0.3) is 0 Å². The van der Waals surface area contributed by atoms with E-state index in [9.17, 15) is 0 Å². The normalized spacial score (nSPS) is 13.9.